The Bertz CT molecular complexity index is 807. The molecular weight excluding hydrogens is 347 g/mol. The zero-order chi connectivity index (χ0) is 16.9. The summed E-state index contributed by atoms with van der Waals surface area (Å²) in [6.45, 7) is 0.601. The fourth-order valence-electron chi connectivity index (χ4n) is 2.62. The maximum Gasteiger partial charge on any atom is 0.182 e. The summed E-state index contributed by atoms with van der Waals surface area (Å²) < 4.78 is 1.75. The molecule has 0 radical (unpaired) electrons. The Hall–Kier alpha value is -1.95. The highest BCUT2D eigenvalue weighted by Crippen LogP contribution is 2.29. The second-order valence-electron chi connectivity index (χ2n) is 5.43. The molecule has 1 N–H and O–H groups in total. The zero-order valence-corrected chi connectivity index (χ0v) is 14.3. The number of aromatic nitrogens is 4. The first-order valence-corrected chi connectivity index (χ1v) is 8.32. The van der Waals surface area contributed by atoms with Gasteiger partial charge in [0.05, 0.1) is 16.6 Å². The molecule has 0 saturated heterocycles. The fourth-order valence-corrected chi connectivity index (χ4v) is 2.92. The maximum absolute atomic E-state index is 9.42. The van der Waals surface area contributed by atoms with Gasteiger partial charge in [-0.05, 0) is 34.5 Å². The van der Waals surface area contributed by atoms with Crippen LogP contribution in [0.3, 0.4) is 0 Å². The lowest BCUT2D eigenvalue weighted by molar-refractivity contribution is 0.267. The summed E-state index contributed by atoms with van der Waals surface area (Å²) in [5, 5.41) is 22.4. The van der Waals surface area contributed by atoms with Crippen LogP contribution in [-0.4, -0.2) is 31.9 Å². The lowest BCUT2D eigenvalue weighted by atomic mass is 9.96. The van der Waals surface area contributed by atoms with Crippen LogP contribution in [-0.2, 0) is 6.54 Å². The Balaban J connectivity index is 1.89. The SMILES string of the molecule is OCCC(Cn1nnnc1-c1ccccc1)c1ccc(Cl)c(Cl)c1. The van der Waals surface area contributed by atoms with E-state index in [0.717, 1.165) is 11.1 Å². The van der Waals surface area contributed by atoms with E-state index in [9.17, 15) is 5.11 Å². The van der Waals surface area contributed by atoms with Gasteiger partial charge in [-0.3, -0.25) is 0 Å². The van der Waals surface area contributed by atoms with Crippen LogP contribution < -0.4 is 0 Å². The predicted molar refractivity (Wildman–Crippen MR) is 94.2 cm³/mol. The monoisotopic (exact) mass is 362 g/mol. The lowest BCUT2D eigenvalue weighted by Gasteiger charge is -2.17. The number of aliphatic hydroxyl groups excluding tert-OH is 1. The van der Waals surface area contributed by atoms with Crippen molar-refractivity contribution in [3.63, 3.8) is 0 Å². The third kappa shape index (κ3) is 3.75. The van der Waals surface area contributed by atoms with E-state index in [0.29, 0.717) is 28.8 Å². The van der Waals surface area contributed by atoms with Gasteiger partial charge in [0.25, 0.3) is 0 Å². The summed E-state index contributed by atoms with van der Waals surface area (Å²) >= 11 is 12.1. The van der Waals surface area contributed by atoms with E-state index in [2.05, 4.69) is 15.5 Å². The van der Waals surface area contributed by atoms with Crippen LogP contribution in [0.4, 0.5) is 0 Å². The first-order valence-electron chi connectivity index (χ1n) is 7.56. The summed E-state index contributed by atoms with van der Waals surface area (Å²) in [6, 6.07) is 15.3. The van der Waals surface area contributed by atoms with Crippen molar-refractivity contribution in [3.8, 4) is 11.4 Å². The highest BCUT2D eigenvalue weighted by atomic mass is 35.5. The average Bonchev–Trinajstić information content (AvgIpc) is 3.06. The Morgan fingerprint density at radius 1 is 1.04 bits per heavy atom. The molecule has 124 valence electrons. The molecule has 0 amide bonds. The maximum atomic E-state index is 9.42. The molecule has 1 unspecified atom stereocenters. The normalized spacial score (nSPS) is 12.3. The van der Waals surface area contributed by atoms with Crippen molar-refractivity contribution in [2.24, 2.45) is 0 Å². The average molecular weight is 363 g/mol. The van der Waals surface area contributed by atoms with Gasteiger partial charge in [-0.2, -0.15) is 0 Å². The molecular formula is C17H16Cl2N4O. The number of hydrogen-bond acceptors (Lipinski definition) is 4. The molecule has 0 aliphatic heterocycles. The third-order valence-corrected chi connectivity index (χ3v) is 4.59. The molecule has 0 spiro atoms. The van der Waals surface area contributed by atoms with Crippen LogP contribution in [0, 0.1) is 0 Å². The Morgan fingerprint density at radius 2 is 1.83 bits per heavy atom. The minimum Gasteiger partial charge on any atom is -0.396 e. The summed E-state index contributed by atoms with van der Waals surface area (Å²) in [6.07, 6.45) is 0.575. The molecule has 0 bridgehead atoms. The van der Waals surface area contributed by atoms with Crippen molar-refractivity contribution in [1.29, 1.82) is 0 Å². The molecule has 1 aromatic heterocycles. The predicted octanol–water partition coefficient (Wildman–Crippen LogP) is 3.81. The van der Waals surface area contributed by atoms with Crippen molar-refractivity contribution < 1.29 is 5.11 Å². The van der Waals surface area contributed by atoms with Crippen LogP contribution >= 0.6 is 23.2 Å². The van der Waals surface area contributed by atoms with Crippen molar-refractivity contribution in [1.82, 2.24) is 20.2 Å². The van der Waals surface area contributed by atoms with Crippen LogP contribution in [0.25, 0.3) is 11.4 Å². The van der Waals surface area contributed by atoms with Gasteiger partial charge in [-0.1, -0.05) is 59.6 Å². The Morgan fingerprint density at radius 3 is 2.54 bits per heavy atom. The molecule has 0 aliphatic carbocycles. The zero-order valence-electron chi connectivity index (χ0n) is 12.8. The minimum atomic E-state index is 0.0238. The largest absolute Gasteiger partial charge is 0.396 e. The smallest absolute Gasteiger partial charge is 0.182 e. The van der Waals surface area contributed by atoms with E-state index in [1.165, 1.54) is 0 Å². The molecule has 3 rings (SSSR count). The van der Waals surface area contributed by atoms with Gasteiger partial charge in [0.1, 0.15) is 0 Å². The number of tetrazole rings is 1. The van der Waals surface area contributed by atoms with Gasteiger partial charge in [-0.15, -0.1) is 5.10 Å². The molecule has 0 saturated carbocycles. The molecule has 2 aromatic carbocycles. The number of benzene rings is 2. The number of aliphatic hydroxyl groups is 1. The van der Waals surface area contributed by atoms with Crippen LogP contribution in [0.1, 0.15) is 17.9 Å². The molecule has 1 heterocycles. The fraction of sp³-hybridized carbons (Fsp3) is 0.235. The van der Waals surface area contributed by atoms with Gasteiger partial charge < -0.3 is 5.11 Å². The van der Waals surface area contributed by atoms with E-state index < -0.39 is 0 Å². The van der Waals surface area contributed by atoms with Gasteiger partial charge in [0.2, 0.25) is 0 Å². The van der Waals surface area contributed by atoms with E-state index in [4.69, 9.17) is 23.2 Å². The summed E-state index contributed by atoms with van der Waals surface area (Å²) in [5.41, 5.74) is 1.94. The summed E-state index contributed by atoms with van der Waals surface area (Å²) in [5.74, 6) is 0.717. The number of nitrogens with zero attached hydrogens (tertiary/aromatic N) is 4. The number of rotatable bonds is 6. The minimum absolute atomic E-state index is 0.0238. The lowest BCUT2D eigenvalue weighted by Crippen LogP contribution is -2.13. The first kappa shape index (κ1) is 16.9. The van der Waals surface area contributed by atoms with Crippen molar-refractivity contribution in [2.75, 3.05) is 6.61 Å². The van der Waals surface area contributed by atoms with Crippen LogP contribution in [0.2, 0.25) is 10.0 Å². The van der Waals surface area contributed by atoms with Crippen molar-refractivity contribution in [3.05, 3.63) is 64.1 Å². The van der Waals surface area contributed by atoms with E-state index in [1.54, 1.807) is 10.7 Å². The third-order valence-electron chi connectivity index (χ3n) is 3.85. The van der Waals surface area contributed by atoms with Gasteiger partial charge in [0.15, 0.2) is 5.82 Å². The quantitative estimate of drug-likeness (QED) is 0.723. The topological polar surface area (TPSA) is 63.8 Å². The first-order chi connectivity index (χ1) is 11.7. The molecule has 24 heavy (non-hydrogen) atoms. The van der Waals surface area contributed by atoms with Crippen LogP contribution in [0.5, 0.6) is 0 Å². The van der Waals surface area contributed by atoms with E-state index in [1.807, 2.05) is 42.5 Å². The summed E-state index contributed by atoms with van der Waals surface area (Å²) in [7, 11) is 0. The van der Waals surface area contributed by atoms with E-state index >= 15 is 0 Å². The van der Waals surface area contributed by atoms with E-state index in [-0.39, 0.29) is 12.5 Å². The number of hydrogen-bond donors (Lipinski definition) is 1. The molecule has 1 atom stereocenters. The van der Waals surface area contributed by atoms with Crippen molar-refractivity contribution in [2.45, 2.75) is 18.9 Å². The highest BCUT2D eigenvalue weighted by molar-refractivity contribution is 6.42. The molecule has 7 heteroatoms. The van der Waals surface area contributed by atoms with Gasteiger partial charge in [0, 0.05) is 18.1 Å². The van der Waals surface area contributed by atoms with Gasteiger partial charge >= 0.3 is 0 Å². The second kappa shape index (κ2) is 7.75. The summed E-state index contributed by atoms with van der Waals surface area (Å²) in [4.78, 5) is 0. The van der Waals surface area contributed by atoms with Crippen LogP contribution in [0.15, 0.2) is 48.5 Å². The Kier molecular flexibility index (Phi) is 5.45. The standard InChI is InChI=1S/C17H16Cl2N4O/c18-15-7-6-13(10-16(15)19)14(8-9-24)11-23-17(20-21-22-23)12-4-2-1-3-5-12/h1-7,10,14,24H,8-9,11H2. The second-order valence-corrected chi connectivity index (χ2v) is 6.25. The van der Waals surface area contributed by atoms with Gasteiger partial charge in [-0.25, -0.2) is 4.68 Å². The highest BCUT2D eigenvalue weighted by Gasteiger charge is 2.17. The molecule has 0 aliphatic rings. The molecule has 3 aromatic rings. The molecule has 0 fully saturated rings. The molecule has 5 nitrogen and oxygen atoms in total. The van der Waals surface area contributed by atoms with Crippen molar-refractivity contribution >= 4 is 23.2 Å². The number of halogens is 2. The Labute approximate surface area is 149 Å².